The van der Waals surface area contributed by atoms with Crippen LogP contribution in [0.3, 0.4) is 0 Å². The molecule has 0 amide bonds. The van der Waals surface area contributed by atoms with E-state index in [0.29, 0.717) is 17.4 Å². The summed E-state index contributed by atoms with van der Waals surface area (Å²) < 4.78 is 1.73. The molecule has 1 N–H and O–H groups in total. The minimum atomic E-state index is -0.984. The maximum atomic E-state index is 11.2. The predicted octanol–water partition coefficient (Wildman–Crippen LogP) is 2.50. The van der Waals surface area contributed by atoms with Crippen molar-refractivity contribution in [1.29, 1.82) is 0 Å². The maximum Gasteiger partial charge on any atom is 0.356 e. The number of fused-ring (bicyclic) bond motifs is 1. The van der Waals surface area contributed by atoms with Crippen molar-refractivity contribution < 1.29 is 9.90 Å². The number of carbonyl (C=O) groups is 1. The largest absolute Gasteiger partial charge is 0.476 e. The first-order valence-electron chi connectivity index (χ1n) is 6.68. The SMILES string of the molecule is CC(C)Cc1ccc2c(C(=O)O)nc(C3CC3)n2n1. The molecule has 1 aliphatic carbocycles. The van der Waals surface area contributed by atoms with Gasteiger partial charge in [0.15, 0.2) is 5.69 Å². The molecule has 0 unspecified atom stereocenters. The Kier molecular flexibility index (Phi) is 2.77. The lowest BCUT2D eigenvalue weighted by molar-refractivity contribution is 0.0693. The van der Waals surface area contributed by atoms with E-state index in [2.05, 4.69) is 23.9 Å². The third kappa shape index (κ3) is 2.20. The summed E-state index contributed by atoms with van der Waals surface area (Å²) in [6.07, 6.45) is 3.04. The lowest BCUT2D eigenvalue weighted by atomic mass is 10.1. The summed E-state index contributed by atoms with van der Waals surface area (Å²) in [4.78, 5) is 15.5. The molecule has 1 aliphatic rings. The Morgan fingerprint density at radius 1 is 1.47 bits per heavy atom. The molecule has 3 rings (SSSR count). The topological polar surface area (TPSA) is 67.5 Å². The van der Waals surface area contributed by atoms with Gasteiger partial charge in [-0.2, -0.15) is 5.10 Å². The van der Waals surface area contributed by atoms with Crippen LogP contribution in [0.1, 0.15) is 54.6 Å². The van der Waals surface area contributed by atoms with Crippen LogP contribution in [0.5, 0.6) is 0 Å². The fourth-order valence-corrected chi connectivity index (χ4v) is 2.32. The Labute approximate surface area is 111 Å². The highest BCUT2D eigenvalue weighted by molar-refractivity contribution is 5.93. The zero-order chi connectivity index (χ0) is 13.6. The molecule has 5 heteroatoms. The highest BCUT2D eigenvalue weighted by Gasteiger charge is 2.31. The molecule has 0 aliphatic heterocycles. The molecule has 100 valence electrons. The van der Waals surface area contributed by atoms with Gasteiger partial charge in [0.2, 0.25) is 0 Å². The fraction of sp³-hybridized carbons (Fsp3) is 0.500. The van der Waals surface area contributed by atoms with Crippen molar-refractivity contribution in [3.63, 3.8) is 0 Å². The molecular weight excluding hydrogens is 242 g/mol. The predicted molar refractivity (Wildman–Crippen MR) is 70.5 cm³/mol. The average molecular weight is 259 g/mol. The summed E-state index contributed by atoms with van der Waals surface area (Å²) in [7, 11) is 0. The molecule has 1 fully saturated rings. The fourth-order valence-electron chi connectivity index (χ4n) is 2.32. The molecule has 19 heavy (non-hydrogen) atoms. The molecule has 0 saturated heterocycles. The third-order valence-corrected chi connectivity index (χ3v) is 3.34. The van der Waals surface area contributed by atoms with Crippen molar-refractivity contribution in [1.82, 2.24) is 14.6 Å². The van der Waals surface area contributed by atoms with E-state index in [9.17, 15) is 9.90 Å². The van der Waals surface area contributed by atoms with E-state index in [4.69, 9.17) is 0 Å². The first kappa shape index (κ1) is 12.1. The highest BCUT2D eigenvalue weighted by Crippen LogP contribution is 2.39. The second kappa shape index (κ2) is 4.33. The number of carboxylic acid groups (broad SMARTS) is 1. The zero-order valence-corrected chi connectivity index (χ0v) is 11.1. The van der Waals surface area contributed by atoms with Crippen LogP contribution in [0.15, 0.2) is 12.1 Å². The molecule has 2 heterocycles. The highest BCUT2D eigenvalue weighted by atomic mass is 16.4. The van der Waals surface area contributed by atoms with Gasteiger partial charge in [0, 0.05) is 5.92 Å². The van der Waals surface area contributed by atoms with Gasteiger partial charge in [-0.3, -0.25) is 0 Å². The van der Waals surface area contributed by atoms with Crippen LogP contribution in [0, 0.1) is 5.92 Å². The number of carboxylic acids is 1. The number of imidazole rings is 1. The summed E-state index contributed by atoms with van der Waals surface area (Å²) in [5, 5.41) is 13.8. The van der Waals surface area contributed by atoms with Crippen LogP contribution in [0.4, 0.5) is 0 Å². The van der Waals surface area contributed by atoms with E-state index in [0.717, 1.165) is 30.8 Å². The van der Waals surface area contributed by atoms with Crippen molar-refractivity contribution in [2.24, 2.45) is 5.92 Å². The lowest BCUT2D eigenvalue weighted by Crippen LogP contribution is -2.04. The molecule has 5 nitrogen and oxygen atoms in total. The first-order valence-corrected chi connectivity index (χ1v) is 6.68. The van der Waals surface area contributed by atoms with E-state index in [1.165, 1.54) is 0 Å². The smallest absolute Gasteiger partial charge is 0.356 e. The summed E-state index contributed by atoms with van der Waals surface area (Å²) in [5.74, 6) is 0.722. The first-order chi connectivity index (χ1) is 9.06. The van der Waals surface area contributed by atoms with Crippen molar-refractivity contribution >= 4 is 11.5 Å². The number of aromatic nitrogens is 3. The number of rotatable bonds is 4. The normalized spacial score (nSPS) is 15.3. The van der Waals surface area contributed by atoms with E-state index in [-0.39, 0.29) is 5.69 Å². The maximum absolute atomic E-state index is 11.2. The lowest BCUT2D eigenvalue weighted by Gasteiger charge is -2.05. The van der Waals surface area contributed by atoms with Crippen LogP contribution in [-0.4, -0.2) is 25.7 Å². The van der Waals surface area contributed by atoms with Crippen molar-refractivity contribution in [2.45, 2.75) is 39.0 Å². The van der Waals surface area contributed by atoms with Gasteiger partial charge < -0.3 is 5.11 Å². The second-order valence-corrected chi connectivity index (χ2v) is 5.62. The average Bonchev–Trinajstić information content (AvgIpc) is 3.09. The third-order valence-electron chi connectivity index (χ3n) is 3.34. The molecule has 0 aromatic carbocycles. The zero-order valence-electron chi connectivity index (χ0n) is 11.1. The van der Waals surface area contributed by atoms with Gasteiger partial charge in [-0.25, -0.2) is 14.3 Å². The van der Waals surface area contributed by atoms with Crippen LogP contribution in [0.2, 0.25) is 0 Å². The quantitative estimate of drug-likeness (QED) is 0.916. The van der Waals surface area contributed by atoms with Gasteiger partial charge in [0.1, 0.15) is 5.82 Å². The minimum absolute atomic E-state index is 0.116. The van der Waals surface area contributed by atoms with Gasteiger partial charge in [-0.1, -0.05) is 13.8 Å². The van der Waals surface area contributed by atoms with Crippen molar-refractivity contribution in [2.75, 3.05) is 0 Å². The molecule has 1 saturated carbocycles. The Morgan fingerprint density at radius 2 is 2.21 bits per heavy atom. The molecule has 2 aromatic rings. The van der Waals surface area contributed by atoms with Crippen LogP contribution in [0.25, 0.3) is 5.52 Å². The van der Waals surface area contributed by atoms with Crippen molar-refractivity contribution in [3.05, 3.63) is 29.3 Å². The summed E-state index contributed by atoms with van der Waals surface area (Å²) in [6, 6.07) is 3.73. The number of hydrogen-bond acceptors (Lipinski definition) is 3. The Bertz CT molecular complexity index is 641. The van der Waals surface area contributed by atoms with Crippen LogP contribution in [-0.2, 0) is 6.42 Å². The van der Waals surface area contributed by atoms with Crippen LogP contribution < -0.4 is 0 Å². The molecular formula is C14H17N3O2. The molecule has 2 aromatic heterocycles. The van der Waals surface area contributed by atoms with E-state index in [1.54, 1.807) is 4.52 Å². The molecule has 0 radical (unpaired) electrons. The van der Waals surface area contributed by atoms with Gasteiger partial charge in [-0.15, -0.1) is 0 Å². The van der Waals surface area contributed by atoms with E-state index < -0.39 is 5.97 Å². The Morgan fingerprint density at radius 3 is 2.79 bits per heavy atom. The summed E-state index contributed by atoms with van der Waals surface area (Å²) in [6.45, 7) is 4.29. The van der Waals surface area contributed by atoms with Crippen LogP contribution >= 0.6 is 0 Å². The Hall–Kier alpha value is -1.91. The van der Waals surface area contributed by atoms with Crippen molar-refractivity contribution in [3.8, 4) is 0 Å². The second-order valence-electron chi connectivity index (χ2n) is 5.62. The van der Waals surface area contributed by atoms with Gasteiger partial charge in [0.05, 0.1) is 11.2 Å². The van der Waals surface area contributed by atoms with Gasteiger partial charge in [0.25, 0.3) is 0 Å². The van der Waals surface area contributed by atoms with Gasteiger partial charge in [-0.05, 0) is 37.3 Å². The minimum Gasteiger partial charge on any atom is -0.476 e. The Balaban J connectivity index is 2.14. The number of hydrogen-bond donors (Lipinski definition) is 1. The molecule has 0 atom stereocenters. The monoisotopic (exact) mass is 259 g/mol. The van der Waals surface area contributed by atoms with Gasteiger partial charge >= 0.3 is 5.97 Å². The molecule has 0 bridgehead atoms. The number of aromatic carboxylic acids is 1. The van der Waals surface area contributed by atoms with E-state index >= 15 is 0 Å². The summed E-state index contributed by atoms with van der Waals surface area (Å²) >= 11 is 0. The summed E-state index contributed by atoms with van der Waals surface area (Å²) in [5.41, 5.74) is 1.70. The molecule has 0 spiro atoms. The number of nitrogens with zero attached hydrogens (tertiary/aromatic N) is 3. The standard InChI is InChI=1S/C14H17N3O2/c1-8(2)7-10-5-6-11-12(14(18)19)15-13(9-3-4-9)17(11)16-10/h5-6,8-9H,3-4,7H2,1-2H3,(H,18,19). The van der Waals surface area contributed by atoms with E-state index in [1.807, 2.05) is 12.1 Å².